The highest BCUT2D eigenvalue weighted by atomic mass is 32.2. The van der Waals surface area contributed by atoms with Gasteiger partial charge in [-0.25, -0.2) is 9.97 Å². The lowest BCUT2D eigenvalue weighted by Gasteiger charge is -2.31. The van der Waals surface area contributed by atoms with Crippen LogP contribution in [0.4, 0.5) is 10.7 Å². The van der Waals surface area contributed by atoms with Crippen molar-refractivity contribution in [2.75, 3.05) is 24.5 Å². The number of carbonyl (C=O) groups is 2. The van der Waals surface area contributed by atoms with Crippen LogP contribution in [0.25, 0.3) is 6.08 Å². The molecule has 2 aliphatic rings. The van der Waals surface area contributed by atoms with E-state index in [2.05, 4.69) is 32.4 Å². The second kappa shape index (κ2) is 5.82. The minimum atomic E-state index is -0.374. The van der Waals surface area contributed by atoms with E-state index in [-0.39, 0.29) is 11.1 Å². The van der Waals surface area contributed by atoms with Crippen molar-refractivity contribution in [1.29, 1.82) is 0 Å². The quantitative estimate of drug-likeness (QED) is 0.774. The Kier molecular flexibility index (Phi) is 3.89. The zero-order valence-corrected chi connectivity index (χ0v) is 12.3. The minimum absolute atomic E-state index is 0.351. The maximum absolute atomic E-state index is 11.5. The number of rotatable bonds is 2. The average Bonchev–Trinajstić information content (AvgIpc) is 2.77. The summed E-state index contributed by atoms with van der Waals surface area (Å²) in [6.07, 6.45) is 3.28. The van der Waals surface area contributed by atoms with E-state index in [9.17, 15) is 9.59 Å². The first kappa shape index (κ1) is 14.0. The third kappa shape index (κ3) is 3.22. The van der Waals surface area contributed by atoms with Crippen molar-refractivity contribution in [2.24, 2.45) is 0 Å². The molecular weight excluding hydrogens is 290 g/mol. The molecule has 2 saturated heterocycles. The second-order valence-corrected chi connectivity index (χ2v) is 5.95. The van der Waals surface area contributed by atoms with Gasteiger partial charge in [0.1, 0.15) is 0 Å². The SMILES string of the molecule is CC1CN(c2nccc(C=C3SC(=O)NC3=O)n2)CCN1. The fraction of sp³-hybridized carbons (Fsp3) is 0.385. The maximum Gasteiger partial charge on any atom is 0.290 e. The number of imide groups is 1. The highest BCUT2D eigenvalue weighted by Gasteiger charge is 2.25. The molecule has 1 unspecified atom stereocenters. The molecule has 3 heterocycles. The van der Waals surface area contributed by atoms with E-state index < -0.39 is 0 Å². The van der Waals surface area contributed by atoms with Gasteiger partial charge in [-0.3, -0.25) is 14.9 Å². The van der Waals surface area contributed by atoms with Crippen LogP contribution < -0.4 is 15.5 Å². The summed E-state index contributed by atoms with van der Waals surface area (Å²) in [6.45, 7) is 4.69. The summed E-state index contributed by atoms with van der Waals surface area (Å²) in [6, 6.07) is 2.11. The molecule has 1 aromatic rings. The molecule has 0 radical (unpaired) electrons. The van der Waals surface area contributed by atoms with Crippen LogP contribution in [0.5, 0.6) is 0 Å². The molecule has 0 aliphatic carbocycles. The predicted octanol–water partition coefficient (Wildman–Crippen LogP) is 0.599. The molecule has 8 heteroatoms. The Labute approximate surface area is 126 Å². The molecule has 0 saturated carbocycles. The first-order chi connectivity index (χ1) is 10.1. The van der Waals surface area contributed by atoms with Gasteiger partial charge in [0.25, 0.3) is 11.1 Å². The second-order valence-electron chi connectivity index (χ2n) is 4.93. The van der Waals surface area contributed by atoms with Crippen molar-refractivity contribution in [3.63, 3.8) is 0 Å². The molecule has 0 aromatic carbocycles. The van der Waals surface area contributed by atoms with E-state index in [1.54, 1.807) is 18.3 Å². The number of piperazine rings is 1. The van der Waals surface area contributed by atoms with Crippen LogP contribution in [-0.2, 0) is 4.79 Å². The van der Waals surface area contributed by atoms with Gasteiger partial charge < -0.3 is 10.2 Å². The largest absolute Gasteiger partial charge is 0.338 e. The average molecular weight is 305 g/mol. The summed E-state index contributed by atoms with van der Waals surface area (Å²) in [5, 5.41) is 5.24. The Bertz CT molecular complexity index is 618. The summed E-state index contributed by atoms with van der Waals surface area (Å²) < 4.78 is 0. The van der Waals surface area contributed by atoms with Gasteiger partial charge in [0.05, 0.1) is 10.6 Å². The first-order valence-corrected chi connectivity index (χ1v) is 7.50. The molecule has 1 aromatic heterocycles. The number of hydrogen-bond donors (Lipinski definition) is 2. The van der Waals surface area contributed by atoms with Crippen molar-refractivity contribution in [3.05, 3.63) is 22.9 Å². The van der Waals surface area contributed by atoms with Crippen LogP contribution in [0.3, 0.4) is 0 Å². The molecular formula is C13H15N5O2S. The van der Waals surface area contributed by atoms with E-state index in [1.807, 2.05) is 0 Å². The molecule has 2 amide bonds. The number of carbonyl (C=O) groups excluding carboxylic acids is 2. The number of anilines is 1. The van der Waals surface area contributed by atoms with E-state index >= 15 is 0 Å². The minimum Gasteiger partial charge on any atom is -0.338 e. The molecule has 110 valence electrons. The third-order valence-electron chi connectivity index (χ3n) is 3.24. The standard InChI is InChI=1S/C13H15N5O2S/c1-8-7-18(5-4-14-8)12-15-3-2-9(16-12)6-10-11(19)17-13(20)21-10/h2-3,6,8,14H,4-5,7H2,1H3,(H,17,19,20). The van der Waals surface area contributed by atoms with E-state index in [1.165, 1.54) is 0 Å². The van der Waals surface area contributed by atoms with Crippen molar-refractivity contribution >= 4 is 34.9 Å². The molecule has 21 heavy (non-hydrogen) atoms. The summed E-state index contributed by atoms with van der Waals surface area (Å²) in [5.41, 5.74) is 0.624. The highest BCUT2D eigenvalue weighted by molar-refractivity contribution is 8.18. The first-order valence-electron chi connectivity index (χ1n) is 6.68. The fourth-order valence-electron chi connectivity index (χ4n) is 2.26. The molecule has 1 atom stereocenters. The van der Waals surface area contributed by atoms with Crippen molar-refractivity contribution < 1.29 is 9.59 Å². The predicted molar refractivity (Wildman–Crippen MR) is 80.8 cm³/mol. The van der Waals surface area contributed by atoms with Gasteiger partial charge >= 0.3 is 0 Å². The molecule has 2 fully saturated rings. The Morgan fingerprint density at radius 3 is 3.05 bits per heavy atom. The van der Waals surface area contributed by atoms with Crippen LogP contribution in [0, 0.1) is 0 Å². The highest BCUT2D eigenvalue weighted by Crippen LogP contribution is 2.25. The third-order valence-corrected chi connectivity index (χ3v) is 4.05. The van der Waals surface area contributed by atoms with Crippen LogP contribution in [0.1, 0.15) is 12.6 Å². The van der Waals surface area contributed by atoms with Crippen molar-refractivity contribution in [2.45, 2.75) is 13.0 Å². The lowest BCUT2D eigenvalue weighted by Crippen LogP contribution is -2.49. The zero-order chi connectivity index (χ0) is 14.8. The van der Waals surface area contributed by atoms with E-state index in [0.29, 0.717) is 22.6 Å². The molecule has 2 aliphatic heterocycles. The monoisotopic (exact) mass is 305 g/mol. The number of nitrogens with one attached hydrogen (secondary N) is 2. The molecule has 7 nitrogen and oxygen atoms in total. The summed E-state index contributed by atoms with van der Waals surface area (Å²) in [7, 11) is 0. The fourth-order valence-corrected chi connectivity index (χ4v) is 2.93. The van der Waals surface area contributed by atoms with Gasteiger partial charge in [-0.2, -0.15) is 0 Å². The maximum atomic E-state index is 11.5. The van der Waals surface area contributed by atoms with Gasteiger partial charge in [0.2, 0.25) is 5.95 Å². The number of thioether (sulfide) groups is 1. The van der Waals surface area contributed by atoms with Gasteiger partial charge in [-0.1, -0.05) is 0 Å². The Morgan fingerprint density at radius 1 is 1.48 bits per heavy atom. The summed E-state index contributed by atoms with van der Waals surface area (Å²) >= 11 is 0.888. The molecule has 3 rings (SSSR count). The zero-order valence-electron chi connectivity index (χ0n) is 11.5. The Balaban J connectivity index is 1.82. The lowest BCUT2D eigenvalue weighted by atomic mass is 10.2. The number of amides is 2. The van der Waals surface area contributed by atoms with E-state index in [4.69, 9.17) is 0 Å². The van der Waals surface area contributed by atoms with Gasteiger partial charge in [0, 0.05) is 31.9 Å². The van der Waals surface area contributed by atoms with E-state index in [0.717, 1.165) is 31.4 Å². The van der Waals surface area contributed by atoms with Crippen molar-refractivity contribution in [1.82, 2.24) is 20.6 Å². The Morgan fingerprint density at radius 2 is 2.33 bits per heavy atom. The number of hydrogen-bond acceptors (Lipinski definition) is 7. The topological polar surface area (TPSA) is 87.2 Å². The van der Waals surface area contributed by atoms with Crippen LogP contribution >= 0.6 is 11.8 Å². The smallest absolute Gasteiger partial charge is 0.290 e. The van der Waals surface area contributed by atoms with Crippen LogP contribution in [0.15, 0.2) is 17.2 Å². The molecule has 2 N–H and O–H groups in total. The normalized spacial score (nSPS) is 24.5. The lowest BCUT2D eigenvalue weighted by molar-refractivity contribution is -0.115. The van der Waals surface area contributed by atoms with Gasteiger partial charge in [-0.15, -0.1) is 0 Å². The summed E-state index contributed by atoms with van der Waals surface area (Å²) in [4.78, 5) is 33.9. The summed E-state index contributed by atoms with van der Waals surface area (Å²) in [5.74, 6) is 0.272. The number of aromatic nitrogens is 2. The van der Waals surface area contributed by atoms with Crippen molar-refractivity contribution in [3.8, 4) is 0 Å². The Hall–Kier alpha value is -1.93. The van der Waals surface area contributed by atoms with Gasteiger partial charge in [-0.05, 0) is 30.8 Å². The molecule has 0 spiro atoms. The number of nitrogens with zero attached hydrogens (tertiary/aromatic N) is 3. The van der Waals surface area contributed by atoms with Gasteiger partial charge in [0.15, 0.2) is 0 Å². The molecule has 0 bridgehead atoms. The van der Waals surface area contributed by atoms with Crippen LogP contribution in [-0.4, -0.2) is 46.8 Å². The van der Waals surface area contributed by atoms with Crippen LogP contribution in [0.2, 0.25) is 0 Å².